The van der Waals surface area contributed by atoms with Crippen molar-refractivity contribution in [2.45, 2.75) is 87.7 Å². The van der Waals surface area contributed by atoms with Crippen molar-refractivity contribution in [1.29, 1.82) is 0 Å². The van der Waals surface area contributed by atoms with Crippen LogP contribution in [0, 0.1) is 40.4 Å². The fourth-order valence-corrected chi connectivity index (χ4v) is 10.6. The lowest BCUT2D eigenvalue weighted by Gasteiger charge is -2.63. The van der Waals surface area contributed by atoms with Crippen molar-refractivity contribution in [3.05, 3.63) is 12.2 Å². The second-order valence-corrected chi connectivity index (χ2v) is 13.6. The Balaban J connectivity index is 1.42. The minimum absolute atomic E-state index is 0.0980. The zero-order chi connectivity index (χ0) is 26.8. The molecular weight excluding hydrogens is 496 g/mol. The predicted octanol–water partition coefficient (Wildman–Crippen LogP) is 0.608. The molecule has 10 heteroatoms. The molecule has 5 bridgehead atoms. The molecule has 0 amide bonds. The second-order valence-electron chi connectivity index (χ2n) is 13.6. The van der Waals surface area contributed by atoms with Gasteiger partial charge in [-0.3, -0.25) is 14.4 Å². The zero-order valence-electron chi connectivity index (χ0n) is 21.6. The largest absolute Gasteiger partial charge is 0.458 e. The average molecular weight is 529 g/mol. The zero-order valence-corrected chi connectivity index (χ0v) is 21.6. The topological polar surface area (TPSA) is 146 Å². The Morgan fingerprint density at radius 3 is 2.58 bits per heavy atom. The van der Waals surface area contributed by atoms with E-state index in [1.54, 1.807) is 13.0 Å². The minimum Gasteiger partial charge on any atom is -0.458 e. The molecule has 0 aromatic heterocycles. The van der Waals surface area contributed by atoms with Crippen LogP contribution in [0.3, 0.4) is 0 Å². The molecule has 8 aliphatic rings. The molecule has 2 spiro atoms. The summed E-state index contributed by atoms with van der Waals surface area (Å²) in [6, 6.07) is 0. The van der Waals surface area contributed by atoms with Gasteiger partial charge in [-0.2, -0.15) is 0 Å². The molecule has 5 saturated heterocycles. The van der Waals surface area contributed by atoms with Gasteiger partial charge in [-0.25, -0.2) is 4.79 Å². The number of hydrogen-bond acceptors (Lipinski definition) is 10. The Labute approximate surface area is 219 Å². The summed E-state index contributed by atoms with van der Waals surface area (Å²) in [5.41, 5.74) is -7.78. The van der Waals surface area contributed by atoms with Crippen molar-refractivity contribution in [3.8, 4) is 0 Å². The van der Waals surface area contributed by atoms with Gasteiger partial charge in [-0.1, -0.05) is 19.9 Å². The van der Waals surface area contributed by atoms with E-state index in [2.05, 4.69) is 0 Å². The molecule has 2 saturated carbocycles. The molecule has 4 unspecified atom stereocenters. The van der Waals surface area contributed by atoms with E-state index in [1.807, 2.05) is 13.8 Å². The van der Waals surface area contributed by atoms with Crippen molar-refractivity contribution in [2.75, 3.05) is 6.61 Å². The van der Waals surface area contributed by atoms with E-state index in [0.717, 1.165) is 0 Å². The van der Waals surface area contributed by atoms with Gasteiger partial charge in [0.25, 0.3) is 0 Å². The van der Waals surface area contributed by atoms with Crippen LogP contribution in [0.5, 0.6) is 0 Å². The van der Waals surface area contributed by atoms with Crippen molar-refractivity contribution < 1.29 is 48.3 Å². The molecule has 3 aliphatic carbocycles. The summed E-state index contributed by atoms with van der Waals surface area (Å²) >= 11 is 0. The molecule has 8 rings (SSSR count). The van der Waals surface area contributed by atoms with Gasteiger partial charge in [0.2, 0.25) is 5.79 Å². The molecule has 38 heavy (non-hydrogen) atoms. The average Bonchev–Trinajstić information content (AvgIpc) is 3.17. The van der Waals surface area contributed by atoms with Crippen molar-refractivity contribution in [2.24, 2.45) is 40.4 Å². The highest BCUT2D eigenvalue weighted by molar-refractivity contribution is 6.00. The first-order valence-corrected chi connectivity index (χ1v) is 13.7. The first kappa shape index (κ1) is 23.7. The van der Waals surface area contributed by atoms with Crippen LogP contribution in [0.4, 0.5) is 0 Å². The van der Waals surface area contributed by atoms with E-state index in [4.69, 9.17) is 18.9 Å². The molecule has 10 nitrogen and oxygen atoms in total. The fraction of sp³-hybridized carbons (Fsp3) is 0.786. The number of aliphatic hydroxyl groups excluding tert-OH is 1. The smallest absolute Gasteiger partial charge is 0.342 e. The number of carbonyl (C=O) groups is 4. The number of esters is 2. The Morgan fingerprint density at radius 1 is 1.05 bits per heavy atom. The highest BCUT2D eigenvalue weighted by Crippen LogP contribution is 2.75. The SMILES string of the molecule is C[C@]12C(=O)C=CCC1[C@H](O)CC1C2CC[C@@]2(O)C(=O)O[C@@]3(C)[C@H]4C[C@@]5(C)C6C(=O)[C@]1(OC[C@H]5C(=O)O4)O[C@]623. The summed E-state index contributed by atoms with van der Waals surface area (Å²) in [5, 5.41) is 23.8. The third-order valence-electron chi connectivity index (χ3n) is 12.5. The number of aliphatic hydroxyl groups is 2. The number of Topliss-reactive ketones (excluding diaryl/α,β-unsaturated/α-hetero) is 1. The number of rotatable bonds is 0. The van der Waals surface area contributed by atoms with Crippen molar-refractivity contribution in [3.63, 3.8) is 0 Å². The van der Waals surface area contributed by atoms with E-state index in [9.17, 15) is 29.4 Å². The van der Waals surface area contributed by atoms with Crippen LogP contribution in [0.1, 0.15) is 52.9 Å². The van der Waals surface area contributed by atoms with E-state index < -0.39 is 87.0 Å². The fourth-order valence-electron chi connectivity index (χ4n) is 10.6. The van der Waals surface area contributed by atoms with E-state index >= 15 is 0 Å². The van der Waals surface area contributed by atoms with Crippen LogP contribution in [-0.4, -0.2) is 75.1 Å². The predicted molar refractivity (Wildman–Crippen MR) is 124 cm³/mol. The van der Waals surface area contributed by atoms with Gasteiger partial charge >= 0.3 is 11.9 Å². The summed E-state index contributed by atoms with van der Waals surface area (Å²) in [4.78, 5) is 55.4. The molecule has 0 aromatic carbocycles. The lowest BCUT2D eigenvalue weighted by atomic mass is 9.46. The lowest BCUT2D eigenvalue weighted by molar-refractivity contribution is -0.378. The Morgan fingerprint density at radius 2 is 1.82 bits per heavy atom. The van der Waals surface area contributed by atoms with E-state index in [-0.39, 0.29) is 44.0 Å². The molecule has 0 aromatic rings. The molecule has 5 heterocycles. The van der Waals surface area contributed by atoms with Crippen LogP contribution in [0.25, 0.3) is 0 Å². The summed E-state index contributed by atoms with van der Waals surface area (Å²) in [6.07, 6.45) is 2.52. The number of fused-ring (bicyclic) bond motifs is 5. The molecule has 2 N–H and O–H groups in total. The standard InChI is InChI=1S/C28H32O10/c1-23-10-18-25(3)28-19(23)20(31)27(38-28,35-11-15(23)21(32)36-18)14-9-16(29)13-5-4-6-17(30)24(13,2)12(14)7-8-26(28,34)22(33)37-25/h4,6,12-16,18-19,29,34H,5,7-11H2,1-3H3/t12?,13?,14?,15-,16+,18+,19?,23+,24+,25-,26+,27+,28-/m0/s1. The van der Waals surface area contributed by atoms with Crippen LogP contribution in [0.2, 0.25) is 0 Å². The third kappa shape index (κ3) is 2.04. The lowest BCUT2D eigenvalue weighted by Crippen LogP contribution is -2.79. The number of allylic oxidation sites excluding steroid dienone is 2. The Hall–Kier alpha value is -2.14. The number of carbonyl (C=O) groups excluding carboxylic acids is 4. The van der Waals surface area contributed by atoms with Crippen LogP contribution in [0.15, 0.2) is 12.2 Å². The first-order chi connectivity index (χ1) is 17.8. The van der Waals surface area contributed by atoms with Gasteiger partial charge in [0, 0.05) is 17.3 Å². The number of ether oxygens (including phenoxy) is 4. The number of ketones is 2. The monoisotopic (exact) mass is 528 g/mol. The maximum absolute atomic E-state index is 14.9. The van der Waals surface area contributed by atoms with Crippen molar-refractivity contribution >= 4 is 23.5 Å². The highest BCUT2D eigenvalue weighted by atomic mass is 16.8. The van der Waals surface area contributed by atoms with Gasteiger partial charge in [0.15, 0.2) is 28.4 Å². The van der Waals surface area contributed by atoms with Crippen LogP contribution in [-0.2, 0) is 38.1 Å². The van der Waals surface area contributed by atoms with Gasteiger partial charge in [0.05, 0.1) is 24.5 Å². The first-order valence-electron chi connectivity index (χ1n) is 13.7. The summed E-state index contributed by atoms with van der Waals surface area (Å²) in [6.45, 7) is 5.08. The van der Waals surface area contributed by atoms with E-state index in [1.165, 1.54) is 6.08 Å². The van der Waals surface area contributed by atoms with Crippen LogP contribution >= 0.6 is 0 Å². The van der Waals surface area contributed by atoms with Gasteiger partial charge in [-0.05, 0) is 56.4 Å². The van der Waals surface area contributed by atoms with E-state index in [0.29, 0.717) is 6.42 Å². The van der Waals surface area contributed by atoms with Crippen LogP contribution < -0.4 is 0 Å². The molecular formula is C28H32O10. The molecule has 13 atom stereocenters. The van der Waals surface area contributed by atoms with Gasteiger partial charge < -0.3 is 29.2 Å². The van der Waals surface area contributed by atoms with Gasteiger partial charge in [0.1, 0.15) is 6.10 Å². The quantitative estimate of drug-likeness (QED) is 0.429. The highest BCUT2D eigenvalue weighted by Gasteiger charge is 2.93. The molecule has 5 aliphatic heterocycles. The number of hydrogen-bond donors (Lipinski definition) is 2. The maximum Gasteiger partial charge on any atom is 0.342 e. The van der Waals surface area contributed by atoms with Crippen molar-refractivity contribution in [1.82, 2.24) is 0 Å². The Kier molecular flexibility index (Phi) is 4.01. The molecule has 7 fully saturated rings. The normalized spacial score (nSPS) is 61.3. The maximum atomic E-state index is 14.9. The van der Waals surface area contributed by atoms with Gasteiger partial charge in [-0.15, -0.1) is 0 Å². The summed E-state index contributed by atoms with van der Waals surface area (Å²) in [7, 11) is 0. The molecule has 0 radical (unpaired) electrons. The summed E-state index contributed by atoms with van der Waals surface area (Å²) in [5.74, 6) is -7.56. The second kappa shape index (κ2) is 6.43. The third-order valence-corrected chi connectivity index (χ3v) is 12.5. The Bertz CT molecular complexity index is 1280. The minimum atomic E-state index is -2.22. The summed E-state index contributed by atoms with van der Waals surface area (Å²) < 4.78 is 25.0. The molecule has 204 valence electrons.